The Hall–Kier alpha value is -3.30. The van der Waals surface area contributed by atoms with Gasteiger partial charge >= 0.3 is 24.1 Å². The lowest BCUT2D eigenvalue weighted by atomic mass is 9.88. The Morgan fingerprint density at radius 2 is 1.37 bits per heavy atom. The van der Waals surface area contributed by atoms with E-state index in [-0.39, 0.29) is 31.8 Å². The Morgan fingerprint density at radius 1 is 0.829 bits per heavy atom. The van der Waals surface area contributed by atoms with Crippen molar-refractivity contribution >= 4 is 24.1 Å². The summed E-state index contributed by atoms with van der Waals surface area (Å²) in [5.74, 6) is -2.46. The van der Waals surface area contributed by atoms with Gasteiger partial charge in [0.15, 0.2) is 0 Å². The number of carboxylic acids is 2. The van der Waals surface area contributed by atoms with E-state index in [9.17, 15) is 29.4 Å². The Morgan fingerprint density at radius 3 is 1.89 bits per heavy atom. The number of ether oxygens (including phenoxy) is 2. The molecule has 35 heavy (non-hydrogen) atoms. The molecular formula is C25H34N2O8. The second kappa shape index (κ2) is 9.39. The molecule has 3 atom stereocenters. The summed E-state index contributed by atoms with van der Waals surface area (Å²) in [6, 6.07) is 3.46. The van der Waals surface area contributed by atoms with E-state index in [1.807, 2.05) is 18.2 Å². The van der Waals surface area contributed by atoms with Crippen LogP contribution in [0.15, 0.2) is 18.2 Å². The van der Waals surface area contributed by atoms with Gasteiger partial charge in [0.05, 0.1) is 6.54 Å². The van der Waals surface area contributed by atoms with E-state index in [0.717, 1.165) is 16.7 Å². The Kier molecular flexibility index (Phi) is 7.06. The zero-order valence-electron chi connectivity index (χ0n) is 21.0. The van der Waals surface area contributed by atoms with Crippen LogP contribution in [-0.2, 0) is 32.0 Å². The van der Waals surface area contributed by atoms with Crippen LogP contribution in [0.5, 0.6) is 0 Å². The maximum atomic E-state index is 12.7. The number of carbonyl (C=O) groups is 4. The molecule has 1 saturated heterocycles. The summed E-state index contributed by atoms with van der Waals surface area (Å²) in [6.07, 6.45) is -1.02. The molecule has 1 fully saturated rings. The maximum absolute atomic E-state index is 12.7. The van der Waals surface area contributed by atoms with E-state index >= 15 is 0 Å². The van der Waals surface area contributed by atoms with E-state index in [0.29, 0.717) is 0 Å². The standard InChI is InChI=1S/C25H34N2O8/c1-24(2,3)34-22(32)26-12-16-9-14(7-8-15(16)10-18(26)20(28)29)17-11-19(21(30)31)27(13-17)23(33)35-25(4,5)6/h7-9,17-19H,10-13H2,1-6H3,(H,28,29)(H,30,31). The van der Waals surface area contributed by atoms with Crippen LogP contribution < -0.4 is 0 Å². The van der Waals surface area contributed by atoms with Crippen molar-refractivity contribution in [1.29, 1.82) is 0 Å². The van der Waals surface area contributed by atoms with Gasteiger partial charge in [-0.25, -0.2) is 19.2 Å². The molecule has 10 nitrogen and oxygen atoms in total. The Balaban J connectivity index is 1.86. The zero-order chi connectivity index (χ0) is 26.3. The molecule has 0 saturated carbocycles. The highest BCUT2D eigenvalue weighted by atomic mass is 16.6. The molecule has 0 radical (unpaired) electrons. The van der Waals surface area contributed by atoms with E-state index in [1.54, 1.807) is 41.5 Å². The van der Waals surface area contributed by atoms with Crippen LogP contribution in [0.25, 0.3) is 0 Å². The molecule has 2 aliphatic heterocycles. The van der Waals surface area contributed by atoms with Crippen LogP contribution in [0.3, 0.4) is 0 Å². The molecule has 2 N–H and O–H groups in total. The third kappa shape index (κ3) is 6.23. The molecule has 3 rings (SSSR count). The highest BCUT2D eigenvalue weighted by molar-refractivity contribution is 5.82. The summed E-state index contributed by atoms with van der Waals surface area (Å²) in [6.45, 7) is 10.5. The number of carboxylic acid groups (broad SMARTS) is 2. The number of aliphatic carboxylic acids is 2. The van der Waals surface area contributed by atoms with Gasteiger partial charge in [-0.15, -0.1) is 0 Å². The van der Waals surface area contributed by atoms with Gasteiger partial charge in [0, 0.05) is 18.9 Å². The molecule has 0 spiro atoms. The molecule has 0 bridgehead atoms. The van der Waals surface area contributed by atoms with Crippen molar-refractivity contribution < 1.29 is 38.9 Å². The smallest absolute Gasteiger partial charge is 0.411 e. The quantitative estimate of drug-likeness (QED) is 0.656. The van der Waals surface area contributed by atoms with Gasteiger partial charge in [-0.1, -0.05) is 18.2 Å². The first-order valence-corrected chi connectivity index (χ1v) is 11.6. The maximum Gasteiger partial charge on any atom is 0.411 e. The molecule has 0 aromatic heterocycles. The minimum absolute atomic E-state index is 0.0555. The number of carbonyl (C=O) groups excluding carboxylic acids is 2. The summed E-state index contributed by atoms with van der Waals surface area (Å²) < 4.78 is 10.8. The van der Waals surface area contributed by atoms with Crippen molar-refractivity contribution in [3.63, 3.8) is 0 Å². The van der Waals surface area contributed by atoms with Crippen molar-refractivity contribution in [3.05, 3.63) is 34.9 Å². The van der Waals surface area contributed by atoms with Gasteiger partial charge in [0.25, 0.3) is 0 Å². The third-order valence-corrected chi connectivity index (χ3v) is 5.96. The first kappa shape index (κ1) is 26.3. The molecule has 1 aromatic rings. The van der Waals surface area contributed by atoms with Crippen LogP contribution in [-0.4, -0.2) is 74.0 Å². The molecular weight excluding hydrogens is 456 g/mol. The number of fused-ring (bicyclic) bond motifs is 1. The van der Waals surface area contributed by atoms with Gasteiger partial charge in [0.1, 0.15) is 23.3 Å². The van der Waals surface area contributed by atoms with Crippen LogP contribution in [0.2, 0.25) is 0 Å². The number of hydrogen-bond acceptors (Lipinski definition) is 6. The summed E-state index contributed by atoms with van der Waals surface area (Å²) >= 11 is 0. The number of rotatable bonds is 3. The monoisotopic (exact) mass is 490 g/mol. The minimum atomic E-state index is -1.11. The Labute approximate surface area is 204 Å². The number of amides is 2. The number of hydrogen-bond donors (Lipinski definition) is 2. The van der Waals surface area contributed by atoms with Crippen molar-refractivity contribution in [3.8, 4) is 0 Å². The van der Waals surface area contributed by atoms with Crippen LogP contribution in [0.4, 0.5) is 9.59 Å². The van der Waals surface area contributed by atoms with Crippen LogP contribution >= 0.6 is 0 Å². The minimum Gasteiger partial charge on any atom is -0.480 e. The highest BCUT2D eigenvalue weighted by Crippen LogP contribution is 2.35. The fourth-order valence-corrected chi connectivity index (χ4v) is 4.43. The largest absolute Gasteiger partial charge is 0.480 e. The van der Waals surface area contributed by atoms with Crippen LogP contribution in [0.1, 0.15) is 70.6 Å². The summed E-state index contributed by atoms with van der Waals surface area (Å²) in [5.41, 5.74) is 0.865. The highest BCUT2D eigenvalue weighted by Gasteiger charge is 2.43. The lowest BCUT2D eigenvalue weighted by Crippen LogP contribution is -2.50. The van der Waals surface area contributed by atoms with E-state index in [4.69, 9.17) is 9.47 Å². The molecule has 2 aliphatic rings. The fourth-order valence-electron chi connectivity index (χ4n) is 4.43. The molecule has 1 aromatic carbocycles. The molecule has 10 heteroatoms. The molecule has 2 heterocycles. The first-order chi connectivity index (χ1) is 16.1. The molecule has 2 amide bonds. The predicted molar refractivity (Wildman–Crippen MR) is 125 cm³/mol. The van der Waals surface area contributed by atoms with Crippen LogP contribution in [0, 0.1) is 0 Å². The fraction of sp³-hybridized carbons (Fsp3) is 0.600. The lowest BCUT2D eigenvalue weighted by Gasteiger charge is -2.36. The first-order valence-electron chi connectivity index (χ1n) is 11.6. The second-order valence-electron chi connectivity index (χ2n) is 11.1. The normalized spacial score (nSPS) is 22.4. The summed E-state index contributed by atoms with van der Waals surface area (Å²) in [4.78, 5) is 51.6. The molecule has 0 aliphatic carbocycles. The topological polar surface area (TPSA) is 134 Å². The van der Waals surface area contributed by atoms with Gasteiger partial charge in [-0.2, -0.15) is 0 Å². The van der Waals surface area contributed by atoms with E-state index < -0.39 is 47.4 Å². The Bertz CT molecular complexity index is 1020. The van der Waals surface area contributed by atoms with Crippen molar-refractivity contribution in [2.24, 2.45) is 0 Å². The van der Waals surface area contributed by atoms with Crippen molar-refractivity contribution in [2.75, 3.05) is 6.54 Å². The average Bonchev–Trinajstić information content (AvgIpc) is 3.16. The zero-order valence-corrected chi connectivity index (χ0v) is 21.0. The van der Waals surface area contributed by atoms with E-state index in [1.165, 1.54) is 9.80 Å². The number of benzene rings is 1. The number of nitrogens with zero attached hydrogens (tertiary/aromatic N) is 2. The van der Waals surface area contributed by atoms with Crippen molar-refractivity contribution in [2.45, 2.75) is 90.1 Å². The van der Waals surface area contributed by atoms with Gasteiger partial charge in [0.2, 0.25) is 0 Å². The molecule has 192 valence electrons. The second-order valence-corrected chi connectivity index (χ2v) is 11.1. The van der Waals surface area contributed by atoms with Gasteiger partial charge in [-0.05, 0) is 64.7 Å². The van der Waals surface area contributed by atoms with Gasteiger partial charge in [-0.3, -0.25) is 9.80 Å². The SMILES string of the molecule is CC(C)(C)OC(=O)N1Cc2cc(C3CC(C(=O)O)N(C(=O)OC(C)(C)C)C3)ccc2CC1C(=O)O. The van der Waals surface area contributed by atoms with E-state index in [2.05, 4.69) is 0 Å². The third-order valence-electron chi connectivity index (χ3n) is 5.96. The van der Waals surface area contributed by atoms with Crippen molar-refractivity contribution in [1.82, 2.24) is 9.80 Å². The summed E-state index contributed by atoms with van der Waals surface area (Å²) in [7, 11) is 0. The predicted octanol–water partition coefficient (Wildman–Crippen LogP) is 3.61. The number of likely N-dealkylation sites (tertiary alicyclic amines) is 1. The summed E-state index contributed by atoms with van der Waals surface area (Å²) in [5, 5.41) is 19.4. The molecule has 3 unspecified atom stereocenters. The van der Waals surface area contributed by atoms with Gasteiger partial charge < -0.3 is 19.7 Å². The lowest BCUT2D eigenvalue weighted by molar-refractivity contribution is -0.144. The average molecular weight is 491 g/mol.